The number of carbonyl (C=O) groups excluding carboxylic acids is 1. The van der Waals surface area contributed by atoms with Crippen molar-refractivity contribution in [3.05, 3.63) is 61.3 Å². The second-order valence-electron chi connectivity index (χ2n) is 5.67. The smallest absolute Gasteiger partial charge is 0.269 e. The molecule has 0 saturated heterocycles. The van der Waals surface area contributed by atoms with E-state index in [0.717, 1.165) is 5.82 Å². The summed E-state index contributed by atoms with van der Waals surface area (Å²) >= 11 is 0. The molecule has 1 aromatic carbocycles. The van der Waals surface area contributed by atoms with Crippen molar-refractivity contribution in [2.24, 2.45) is 0 Å². The second kappa shape index (κ2) is 6.27. The Balaban J connectivity index is 1.47. The van der Waals surface area contributed by atoms with Gasteiger partial charge in [0.25, 0.3) is 5.91 Å². The lowest BCUT2D eigenvalue weighted by Gasteiger charge is -2.30. The van der Waals surface area contributed by atoms with Crippen LogP contribution in [0.3, 0.4) is 0 Å². The van der Waals surface area contributed by atoms with Crippen LogP contribution in [0.25, 0.3) is 5.82 Å². The first-order valence-corrected chi connectivity index (χ1v) is 7.88. The maximum atomic E-state index is 12.5. The van der Waals surface area contributed by atoms with Crippen molar-refractivity contribution in [1.82, 2.24) is 14.5 Å². The zero-order chi connectivity index (χ0) is 17.2. The third-order valence-electron chi connectivity index (χ3n) is 3.89. The maximum Gasteiger partial charge on any atom is 0.269 e. The number of carbonyl (C=O) groups is 1. The van der Waals surface area contributed by atoms with Gasteiger partial charge >= 0.3 is 0 Å². The lowest BCUT2D eigenvalue weighted by atomic mass is 10.1. The number of nitrogens with zero attached hydrogens (tertiary/aromatic N) is 3. The van der Waals surface area contributed by atoms with Crippen LogP contribution in [0.15, 0.2) is 61.3 Å². The van der Waals surface area contributed by atoms with Crippen LogP contribution in [0.4, 0.5) is 5.69 Å². The standard InChI is InChI=1S/C18H16N4O3/c1-12-17(25-15-5-3-2-4-14(15)24-12)18(23)21-13-6-7-16(20-10-13)22-9-8-19-11-22/h2-12,17H,1H3,(H,21,23)/t12-,17-/m0/s1. The summed E-state index contributed by atoms with van der Waals surface area (Å²) in [5.74, 6) is 1.65. The molecule has 1 amide bonds. The first-order valence-electron chi connectivity index (χ1n) is 7.88. The van der Waals surface area contributed by atoms with Gasteiger partial charge in [0.1, 0.15) is 18.2 Å². The summed E-state index contributed by atoms with van der Waals surface area (Å²) in [5, 5.41) is 2.81. The van der Waals surface area contributed by atoms with Gasteiger partial charge in [-0.05, 0) is 31.2 Å². The quantitative estimate of drug-likeness (QED) is 0.795. The lowest BCUT2D eigenvalue weighted by Crippen LogP contribution is -2.46. The molecule has 4 rings (SSSR count). The van der Waals surface area contributed by atoms with Crippen molar-refractivity contribution in [3.8, 4) is 17.3 Å². The number of para-hydroxylation sites is 2. The number of pyridine rings is 1. The summed E-state index contributed by atoms with van der Waals surface area (Å²) in [6.07, 6.45) is 5.60. The van der Waals surface area contributed by atoms with E-state index in [2.05, 4.69) is 15.3 Å². The molecule has 0 radical (unpaired) electrons. The van der Waals surface area contributed by atoms with Crippen LogP contribution in [0.2, 0.25) is 0 Å². The number of ether oxygens (including phenoxy) is 2. The molecule has 0 saturated carbocycles. The second-order valence-corrected chi connectivity index (χ2v) is 5.67. The lowest BCUT2D eigenvalue weighted by molar-refractivity contribution is -0.128. The van der Waals surface area contributed by atoms with E-state index in [1.165, 1.54) is 0 Å². The fourth-order valence-electron chi connectivity index (χ4n) is 2.63. The Morgan fingerprint density at radius 3 is 2.64 bits per heavy atom. The molecular weight excluding hydrogens is 320 g/mol. The monoisotopic (exact) mass is 336 g/mol. The molecule has 25 heavy (non-hydrogen) atoms. The fourth-order valence-corrected chi connectivity index (χ4v) is 2.63. The predicted octanol–water partition coefficient (Wildman–Crippen LogP) is 2.43. The molecule has 1 aliphatic rings. The third kappa shape index (κ3) is 3.03. The molecular formula is C18H16N4O3. The molecule has 126 valence electrons. The number of rotatable bonds is 3. The average molecular weight is 336 g/mol. The number of amides is 1. The Kier molecular flexibility index (Phi) is 3.81. The van der Waals surface area contributed by atoms with Crippen LogP contribution in [0.1, 0.15) is 6.92 Å². The minimum atomic E-state index is -0.733. The first-order chi connectivity index (χ1) is 12.2. The van der Waals surface area contributed by atoms with Crippen molar-refractivity contribution < 1.29 is 14.3 Å². The Morgan fingerprint density at radius 1 is 1.16 bits per heavy atom. The average Bonchev–Trinajstić information content (AvgIpc) is 3.16. The highest BCUT2D eigenvalue weighted by Crippen LogP contribution is 2.33. The summed E-state index contributed by atoms with van der Waals surface area (Å²) in [5.41, 5.74) is 0.587. The molecule has 0 unspecified atom stereocenters. The Hall–Kier alpha value is -3.35. The summed E-state index contributed by atoms with van der Waals surface area (Å²) in [4.78, 5) is 20.8. The van der Waals surface area contributed by atoms with Gasteiger partial charge < -0.3 is 14.8 Å². The largest absolute Gasteiger partial charge is 0.482 e. The van der Waals surface area contributed by atoms with E-state index >= 15 is 0 Å². The number of hydrogen-bond donors (Lipinski definition) is 1. The number of fused-ring (bicyclic) bond motifs is 1. The predicted molar refractivity (Wildman–Crippen MR) is 90.9 cm³/mol. The van der Waals surface area contributed by atoms with E-state index < -0.39 is 12.2 Å². The molecule has 0 fully saturated rings. The van der Waals surface area contributed by atoms with E-state index in [0.29, 0.717) is 17.2 Å². The highest BCUT2D eigenvalue weighted by atomic mass is 16.6. The van der Waals surface area contributed by atoms with Crippen molar-refractivity contribution in [1.29, 1.82) is 0 Å². The number of anilines is 1. The van der Waals surface area contributed by atoms with Gasteiger partial charge in [0, 0.05) is 12.4 Å². The molecule has 2 aromatic heterocycles. The van der Waals surface area contributed by atoms with Crippen LogP contribution in [-0.4, -0.2) is 32.7 Å². The van der Waals surface area contributed by atoms with Crippen LogP contribution in [0, 0.1) is 0 Å². The van der Waals surface area contributed by atoms with Crippen LogP contribution in [0.5, 0.6) is 11.5 Å². The molecule has 3 heterocycles. The maximum absolute atomic E-state index is 12.5. The molecule has 3 aromatic rings. The minimum absolute atomic E-state index is 0.279. The van der Waals surface area contributed by atoms with Crippen molar-refractivity contribution in [2.75, 3.05) is 5.32 Å². The van der Waals surface area contributed by atoms with Gasteiger partial charge in [0.15, 0.2) is 11.5 Å². The van der Waals surface area contributed by atoms with Gasteiger partial charge in [0.05, 0.1) is 11.9 Å². The van der Waals surface area contributed by atoms with E-state index in [4.69, 9.17) is 9.47 Å². The third-order valence-corrected chi connectivity index (χ3v) is 3.89. The number of benzene rings is 1. The Morgan fingerprint density at radius 2 is 1.96 bits per heavy atom. The van der Waals surface area contributed by atoms with Gasteiger partial charge in [-0.1, -0.05) is 12.1 Å². The molecule has 1 N–H and O–H groups in total. The van der Waals surface area contributed by atoms with Crippen LogP contribution in [-0.2, 0) is 4.79 Å². The number of aromatic nitrogens is 3. The van der Waals surface area contributed by atoms with Gasteiger partial charge in [-0.2, -0.15) is 0 Å². The number of hydrogen-bond acceptors (Lipinski definition) is 5. The fraction of sp³-hybridized carbons (Fsp3) is 0.167. The topological polar surface area (TPSA) is 78.3 Å². The van der Waals surface area contributed by atoms with Crippen LogP contribution >= 0.6 is 0 Å². The Labute approximate surface area is 144 Å². The van der Waals surface area contributed by atoms with Crippen molar-refractivity contribution >= 4 is 11.6 Å². The van der Waals surface area contributed by atoms with Crippen LogP contribution < -0.4 is 14.8 Å². The molecule has 0 spiro atoms. The summed E-state index contributed by atoms with van der Waals surface area (Å²) in [7, 11) is 0. The Bertz CT molecular complexity index is 878. The SMILES string of the molecule is C[C@@H]1Oc2ccccc2O[C@@H]1C(=O)Nc1ccc(-n2ccnc2)nc1. The normalized spacial score (nSPS) is 18.6. The van der Waals surface area contributed by atoms with Gasteiger partial charge in [-0.25, -0.2) is 9.97 Å². The molecule has 7 nitrogen and oxygen atoms in total. The van der Waals surface area contributed by atoms with E-state index in [9.17, 15) is 4.79 Å². The highest BCUT2D eigenvalue weighted by molar-refractivity contribution is 5.95. The van der Waals surface area contributed by atoms with Gasteiger partial charge in [0.2, 0.25) is 6.10 Å². The zero-order valence-corrected chi connectivity index (χ0v) is 13.5. The van der Waals surface area contributed by atoms with E-state index in [1.54, 1.807) is 54.6 Å². The summed E-state index contributed by atoms with van der Waals surface area (Å²) in [6.45, 7) is 1.81. The minimum Gasteiger partial charge on any atom is -0.482 e. The van der Waals surface area contributed by atoms with E-state index in [-0.39, 0.29) is 5.91 Å². The molecule has 2 atom stereocenters. The zero-order valence-electron chi connectivity index (χ0n) is 13.5. The number of nitrogens with one attached hydrogen (secondary N) is 1. The summed E-state index contributed by atoms with van der Waals surface area (Å²) < 4.78 is 13.3. The summed E-state index contributed by atoms with van der Waals surface area (Å²) in [6, 6.07) is 10.9. The number of imidazole rings is 1. The van der Waals surface area contributed by atoms with Gasteiger partial charge in [-0.3, -0.25) is 9.36 Å². The molecule has 0 aliphatic carbocycles. The van der Waals surface area contributed by atoms with E-state index in [1.807, 2.05) is 18.2 Å². The molecule has 7 heteroatoms. The molecule has 0 bridgehead atoms. The van der Waals surface area contributed by atoms with Crippen molar-refractivity contribution in [3.63, 3.8) is 0 Å². The van der Waals surface area contributed by atoms with Crippen molar-refractivity contribution in [2.45, 2.75) is 19.1 Å². The highest BCUT2D eigenvalue weighted by Gasteiger charge is 2.34. The molecule has 1 aliphatic heterocycles. The first kappa shape index (κ1) is 15.2. The van der Waals surface area contributed by atoms with Gasteiger partial charge in [-0.15, -0.1) is 0 Å².